The van der Waals surface area contributed by atoms with Crippen molar-refractivity contribution in [1.29, 1.82) is 0 Å². The van der Waals surface area contributed by atoms with Crippen molar-refractivity contribution in [2.75, 3.05) is 6.61 Å². The monoisotopic (exact) mass is 464 g/mol. The minimum atomic E-state index is -0.480. The summed E-state index contributed by atoms with van der Waals surface area (Å²) in [6, 6.07) is 13.3. The molecule has 0 aliphatic carbocycles. The third-order valence-corrected chi connectivity index (χ3v) is 5.60. The largest absolute Gasteiger partial charge is 0.491 e. The van der Waals surface area contributed by atoms with E-state index in [0.717, 1.165) is 5.69 Å². The number of para-hydroxylation sites is 2. The van der Waals surface area contributed by atoms with Crippen LogP contribution in [-0.4, -0.2) is 36.1 Å². The molecule has 2 aromatic carbocycles. The van der Waals surface area contributed by atoms with E-state index in [1.807, 2.05) is 28.8 Å². The van der Waals surface area contributed by atoms with Gasteiger partial charge in [0, 0.05) is 18.4 Å². The maximum absolute atomic E-state index is 13.0. The smallest absolute Gasteiger partial charge is 0.381 e. The summed E-state index contributed by atoms with van der Waals surface area (Å²) in [5.41, 5.74) is 1.08. The molecule has 0 saturated carbocycles. The number of nitro groups is 1. The van der Waals surface area contributed by atoms with E-state index < -0.39 is 4.92 Å². The molecule has 0 unspecified atom stereocenters. The lowest BCUT2D eigenvalue weighted by Crippen LogP contribution is -2.27. The Morgan fingerprint density at radius 3 is 2.71 bits per heavy atom. The van der Waals surface area contributed by atoms with Crippen molar-refractivity contribution < 1.29 is 18.8 Å². The summed E-state index contributed by atoms with van der Waals surface area (Å²) in [6.45, 7) is 3.23. The van der Waals surface area contributed by atoms with Gasteiger partial charge in [-0.3, -0.25) is 0 Å². The van der Waals surface area contributed by atoms with E-state index in [1.165, 1.54) is 18.3 Å². The molecule has 10 nitrogen and oxygen atoms in total. The van der Waals surface area contributed by atoms with Crippen LogP contribution >= 0.6 is 0 Å². The fourth-order valence-corrected chi connectivity index (χ4v) is 3.94. The van der Waals surface area contributed by atoms with E-state index in [2.05, 4.69) is 22.2 Å². The highest BCUT2D eigenvalue weighted by atomic mass is 19.1. The van der Waals surface area contributed by atoms with Crippen LogP contribution in [0.4, 0.5) is 10.2 Å². The molecule has 0 N–H and O–H groups in total. The highest BCUT2D eigenvalue weighted by Gasteiger charge is 2.39. The van der Waals surface area contributed by atoms with Crippen LogP contribution in [0, 0.1) is 21.3 Å². The van der Waals surface area contributed by atoms with Gasteiger partial charge in [0.15, 0.2) is 0 Å². The van der Waals surface area contributed by atoms with Gasteiger partial charge < -0.3 is 24.2 Å². The molecule has 1 aliphatic heterocycles. The van der Waals surface area contributed by atoms with E-state index in [4.69, 9.17) is 9.47 Å². The van der Waals surface area contributed by atoms with E-state index >= 15 is 0 Å². The van der Waals surface area contributed by atoms with E-state index in [-0.39, 0.29) is 23.7 Å². The van der Waals surface area contributed by atoms with E-state index in [9.17, 15) is 14.5 Å². The second-order valence-corrected chi connectivity index (χ2v) is 8.54. The summed E-state index contributed by atoms with van der Waals surface area (Å²) in [5.74, 6) is 1.40. The summed E-state index contributed by atoms with van der Waals surface area (Å²) >= 11 is 0. The van der Waals surface area contributed by atoms with Crippen molar-refractivity contribution in [3.63, 3.8) is 0 Å². The van der Waals surface area contributed by atoms with Crippen LogP contribution in [0.3, 0.4) is 0 Å². The maximum Gasteiger partial charge on any atom is 0.381 e. The summed E-state index contributed by atoms with van der Waals surface area (Å²) in [5, 5.41) is 19.3. The number of hydrogen-bond donors (Lipinski definition) is 0. The lowest BCUT2D eigenvalue weighted by molar-refractivity contribution is -0.389. The van der Waals surface area contributed by atoms with Crippen molar-refractivity contribution in [2.45, 2.75) is 26.5 Å². The van der Waals surface area contributed by atoms with Gasteiger partial charge in [0.05, 0.1) is 12.8 Å². The van der Waals surface area contributed by atoms with Gasteiger partial charge in [-0.15, -0.1) is 5.10 Å². The molecule has 0 amide bonds. The van der Waals surface area contributed by atoms with Crippen LogP contribution < -0.4 is 9.47 Å². The standard InChI is InChI=1S/C23H21FN6O4/c1-23(10-21-25-22(30(31)32)12-28(21)14-23)15-34-20-5-3-2-4-19(20)29-11-17(26-27-29)13-33-18-8-6-16(24)7-9-18/h2-9,11-12H,10,13-15H2,1H3/t23-/m1/s1. The molecule has 0 radical (unpaired) electrons. The fourth-order valence-electron chi connectivity index (χ4n) is 3.94. The van der Waals surface area contributed by atoms with Gasteiger partial charge >= 0.3 is 5.82 Å². The lowest BCUT2D eigenvalue weighted by Gasteiger charge is -2.23. The Hall–Kier alpha value is -4.28. The van der Waals surface area contributed by atoms with Gasteiger partial charge in [-0.25, -0.2) is 9.07 Å². The number of fused-ring (bicyclic) bond motifs is 1. The summed E-state index contributed by atoms with van der Waals surface area (Å²) in [7, 11) is 0. The van der Waals surface area contributed by atoms with Gasteiger partial charge in [-0.2, -0.15) is 0 Å². The zero-order chi connectivity index (χ0) is 23.7. The Morgan fingerprint density at radius 2 is 1.94 bits per heavy atom. The first-order valence-electron chi connectivity index (χ1n) is 10.6. The molecule has 0 bridgehead atoms. The van der Waals surface area contributed by atoms with Crippen LogP contribution in [0.15, 0.2) is 60.9 Å². The molecule has 2 aromatic heterocycles. The fraction of sp³-hybridized carbons (Fsp3) is 0.261. The van der Waals surface area contributed by atoms with E-state index in [1.54, 1.807) is 23.0 Å². The Morgan fingerprint density at radius 1 is 1.15 bits per heavy atom. The van der Waals surface area contributed by atoms with Crippen molar-refractivity contribution >= 4 is 5.82 Å². The first-order chi connectivity index (χ1) is 16.4. The molecule has 4 aromatic rings. The van der Waals surface area contributed by atoms with Crippen LogP contribution in [0.25, 0.3) is 5.69 Å². The molecule has 174 valence electrons. The van der Waals surface area contributed by atoms with Crippen molar-refractivity contribution in [3.05, 3.63) is 88.4 Å². The summed E-state index contributed by atoms with van der Waals surface area (Å²) < 4.78 is 28.3. The van der Waals surface area contributed by atoms with Crippen molar-refractivity contribution in [3.8, 4) is 17.2 Å². The third-order valence-electron chi connectivity index (χ3n) is 5.60. The molecule has 0 saturated heterocycles. The molecule has 5 rings (SSSR count). The zero-order valence-electron chi connectivity index (χ0n) is 18.3. The van der Waals surface area contributed by atoms with Crippen LogP contribution in [0.1, 0.15) is 18.4 Å². The normalized spacial score (nSPS) is 16.9. The topological polar surface area (TPSA) is 110 Å². The minimum Gasteiger partial charge on any atom is -0.491 e. The van der Waals surface area contributed by atoms with Gasteiger partial charge in [0.2, 0.25) is 5.82 Å². The predicted molar refractivity (Wildman–Crippen MR) is 118 cm³/mol. The molecule has 1 atom stereocenters. The molecular formula is C23H21FN6O4. The first kappa shape index (κ1) is 21.6. The maximum atomic E-state index is 13.0. The lowest BCUT2D eigenvalue weighted by atomic mass is 9.90. The number of nitrogens with zero attached hydrogens (tertiary/aromatic N) is 6. The summed E-state index contributed by atoms with van der Waals surface area (Å²) in [4.78, 5) is 14.6. The van der Waals surface area contributed by atoms with Gasteiger partial charge in [-0.1, -0.05) is 24.3 Å². The van der Waals surface area contributed by atoms with Gasteiger partial charge in [-0.05, 0) is 46.3 Å². The second-order valence-electron chi connectivity index (χ2n) is 8.54. The number of hydrogen-bond acceptors (Lipinski definition) is 7. The molecule has 0 fully saturated rings. The number of benzene rings is 2. The van der Waals surface area contributed by atoms with Crippen molar-refractivity contribution in [2.24, 2.45) is 5.41 Å². The number of aromatic nitrogens is 5. The van der Waals surface area contributed by atoms with Gasteiger partial charge in [0.1, 0.15) is 41.5 Å². The zero-order valence-corrected chi connectivity index (χ0v) is 18.3. The molecule has 1 aliphatic rings. The Labute approximate surface area is 193 Å². The highest BCUT2D eigenvalue weighted by Crippen LogP contribution is 2.34. The number of rotatable bonds is 8. The number of ether oxygens (including phenoxy) is 2. The van der Waals surface area contributed by atoms with Crippen molar-refractivity contribution in [1.82, 2.24) is 24.5 Å². The number of imidazole rings is 1. The molecule has 3 heterocycles. The summed E-state index contributed by atoms with van der Waals surface area (Å²) in [6.07, 6.45) is 3.80. The van der Waals surface area contributed by atoms with Crippen LogP contribution in [0.2, 0.25) is 0 Å². The first-order valence-corrected chi connectivity index (χ1v) is 10.6. The SMILES string of the molecule is C[C@@]1(COc2ccccc2-n2cc(COc3ccc(F)cc3)nn2)Cc2nc([N+](=O)[O-])cn2C1. The second kappa shape index (κ2) is 8.58. The minimum absolute atomic E-state index is 0.131. The molecular weight excluding hydrogens is 443 g/mol. The Bertz CT molecular complexity index is 1310. The van der Waals surface area contributed by atoms with E-state index in [0.29, 0.717) is 42.6 Å². The molecule has 34 heavy (non-hydrogen) atoms. The van der Waals surface area contributed by atoms with Gasteiger partial charge in [0.25, 0.3) is 0 Å². The Kier molecular flexibility index (Phi) is 5.44. The average molecular weight is 464 g/mol. The Balaban J connectivity index is 1.25. The predicted octanol–water partition coefficient (Wildman–Crippen LogP) is 3.73. The number of halogens is 1. The molecule has 11 heteroatoms. The average Bonchev–Trinajstić information content (AvgIpc) is 3.52. The highest BCUT2D eigenvalue weighted by molar-refractivity contribution is 5.46. The quantitative estimate of drug-likeness (QED) is 0.289. The van der Waals surface area contributed by atoms with Crippen LogP contribution in [-0.2, 0) is 19.6 Å². The molecule has 0 spiro atoms. The van der Waals surface area contributed by atoms with Crippen LogP contribution in [0.5, 0.6) is 11.5 Å². The third kappa shape index (κ3) is 4.45.